The van der Waals surface area contributed by atoms with Gasteiger partial charge in [0.2, 0.25) is 0 Å². The summed E-state index contributed by atoms with van der Waals surface area (Å²) in [7, 11) is 0. The Balaban J connectivity index is 2.44. The summed E-state index contributed by atoms with van der Waals surface area (Å²) >= 11 is 0. The Morgan fingerprint density at radius 3 is 2.50 bits per heavy atom. The zero-order valence-electron chi connectivity index (χ0n) is 10.7. The number of aryl methyl sites for hydroxylation is 1. The molecule has 2 aromatic heterocycles. The van der Waals surface area contributed by atoms with Crippen molar-refractivity contribution in [2.75, 3.05) is 11.5 Å². The van der Waals surface area contributed by atoms with Gasteiger partial charge in [0.25, 0.3) is 0 Å². The summed E-state index contributed by atoms with van der Waals surface area (Å²) in [6.07, 6.45) is 0. The molecule has 0 saturated heterocycles. The molecule has 0 unspecified atom stereocenters. The molecule has 3 aromatic rings. The summed E-state index contributed by atoms with van der Waals surface area (Å²) in [5.41, 5.74) is 13.0. The van der Waals surface area contributed by atoms with Crippen LogP contribution in [0.3, 0.4) is 0 Å². The normalized spacial score (nSPS) is 10.8. The Morgan fingerprint density at radius 1 is 1.10 bits per heavy atom. The fourth-order valence-electron chi connectivity index (χ4n) is 2.08. The molecule has 7 nitrogen and oxygen atoms in total. The van der Waals surface area contributed by atoms with E-state index in [1.807, 2.05) is 30.3 Å². The van der Waals surface area contributed by atoms with Crippen LogP contribution in [-0.2, 0) is 0 Å². The average Bonchev–Trinajstić information content (AvgIpc) is 2.72. The van der Waals surface area contributed by atoms with E-state index in [0.717, 1.165) is 5.69 Å². The van der Waals surface area contributed by atoms with Gasteiger partial charge in [0, 0.05) is 0 Å². The van der Waals surface area contributed by atoms with Gasteiger partial charge in [-0.05, 0) is 19.1 Å². The van der Waals surface area contributed by atoms with Crippen LogP contribution in [0.1, 0.15) is 5.69 Å². The van der Waals surface area contributed by atoms with Gasteiger partial charge in [-0.15, -0.1) is 0 Å². The summed E-state index contributed by atoms with van der Waals surface area (Å²) in [6.45, 7) is 1.67. The molecule has 4 N–H and O–H groups in total. The zero-order chi connectivity index (χ0) is 14.3. The van der Waals surface area contributed by atoms with E-state index in [1.165, 1.54) is 0 Å². The van der Waals surface area contributed by atoms with Crippen LogP contribution < -0.4 is 17.2 Å². The summed E-state index contributed by atoms with van der Waals surface area (Å²) in [5, 5.41) is 4.84. The van der Waals surface area contributed by atoms with Crippen molar-refractivity contribution >= 4 is 22.5 Å². The molecule has 0 radical (unpaired) electrons. The van der Waals surface area contributed by atoms with Crippen molar-refractivity contribution in [3.63, 3.8) is 0 Å². The maximum atomic E-state index is 11.4. The SMILES string of the molecule is Cc1nc(=O)nc(N)c2c(N)n(-c3ccccc3)nc12. The second-order valence-electron chi connectivity index (χ2n) is 4.33. The number of nitrogen functional groups attached to an aromatic ring is 2. The topological polar surface area (TPSA) is 113 Å². The zero-order valence-corrected chi connectivity index (χ0v) is 10.7. The molecule has 0 bridgehead atoms. The lowest BCUT2D eigenvalue weighted by Gasteiger charge is -2.02. The first-order valence-corrected chi connectivity index (χ1v) is 5.96. The van der Waals surface area contributed by atoms with Crippen LogP contribution in [-0.4, -0.2) is 19.7 Å². The number of nitrogens with zero attached hydrogens (tertiary/aromatic N) is 4. The summed E-state index contributed by atoms with van der Waals surface area (Å²) in [5.74, 6) is 0.363. The number of fused-ring (bicyclic) bond motifs is 1. The van der Waals surface area contributed by atoms with Crippen LogP contribution in [0.15, 0.2) is 35.1 Å². The highest BCUT2D eigenvalue weighted by Crippen LogP contribution is 2.27. The first kappa shape index (κ1) is 12.1. The molecular weight excluding hydrogens is 256 g/mol. The molecule has 20 heavy (non-hydrogen) atoms. The van der Waals surface area contributed by atoms with Gasteiger partial charge >= 0.3 is 5.69 Å². The number of hydrogen-bond donors (Lipinski definition) is 2. The summed E-state index contributed by atoms with van der Waals surface area (Å²) in [6, 6.07) is 9.39. The Bertz CT molecular complexity index is 856. The molecule has 100 valence electrons. The van der Waals surface area contributed by atoms with Crippen molar-refractivity contribution in [1.29, 1.82) is 0 Å². The van der Waals surface area contributed by atoms with Crippen molar-refractivity contribution in [2.45, 2.75) is 6.92 Å². The number of para-hydroxylation sites is 1. The highest BCUT2D eigenvalue weighted by Gasteiger charge is 2.15. The van der Waals surface area contributed by atoms with E-state index in [-0.39, 0.29) is 5.82 Å². The number of hydrogen-bond acceptors (Lipinski definition) is 6. The van der Waals surface area contributed by atoms with E-state index in [2.05, 4.69) is 15.1 Å². The molecule has 0 atom stereocenters. The molecule has 0 aliphatic rings. The van der Waals surface area contributed by atoms with E-state index in [4.69, 9.17) is 11.5 Å². The summed E-state index contributed by atoms with van der Waals surface area (Å²) < 4.78 is 1.56. The maximum absolute atomic E-state index is 11.4. The molecule has 0 saturated carbocycles. The smallest absolute Gasteiger partial charge is 0.369 e. The van der Waals surface area contributed by atoms with Crippen molar-refractivity contribution in [2.24, 2.45) is 0 Å². The minimum absolute atomic E-state index is 0.0327. The third-order valence-electron chi connectivity index (χ3n) is 3.00. The number of rotatable bonds is 1. The second kappa shape index (κ2) is 4.30. The summed E-state index contributed by atoms with van der Waals surface area (Å²) in [4.78, 5) is 18.9. The molecule has 2 heterocycles. The van der Waals surface area contributed by atoms with Crippen molar-refractivity contribution in [3.05, 3.63) is 46.5 Å². The van der Waals surface area contributed by atoms with Crippen LogP contribution in [0.25, 0.3) is 16.6 Å². The lowest BCUT2D eigenvalue weighted by atomic mass is 10.3. The van der Waals surface area contributed by atoms with E-state index < -0.39 is 5.69 Å². The molecule has 0 spiro atoms. The molecule has 0 fully saturated rings. The van der Waals surface area contributed by atoms with Gasteiger partial charge < -0.3 is 11.5 Å². The Morgan fingerprint density at radius 2 is 1.80 bits per heavy atom. The van der Waals surface area contributed by atoms with Crippen LogP contribution in [0, 0.1) is 6.92 Å². The molecule has 7 heteroatoms. The minimum Gasteiger partial charge on any atom is -0.383 e. The number of nitrogens with two attached hydrogens (primary N) is 2. The number of aromatic nitrogens is 4. The van der Waals surface area contributed by atoms with E-state index in [0.29, 0.717) is 22.4 Å². The first-order chi connectivity index (χ1) is 9.58. The molecule has 0 amide bonds. The predicted molar refractivity (Wildman–Crippen MR) is 76.5 cm³/mol. The van der Waals surface area contributed by atoms with E-state index >= 15 is 0 Å². The van der Waals surface area contributed by atoms with Crippen LogP contribution in [0.2, 0.25) is 0 Å². The third-order valence-corrected chi connectivity index (χ3v) is 3.00. The van der Waals surface area contributed by atoms with Gasteiger partial charge in [-0.25, -0.2) is 9.48 Å². The van der Waals surface area contributed by atoms with Gasteiger partial charge in [-0.2, -0.15) is 15.1 Å². The van der Waals surface area contributed by atoms with Crippen LogP contribution in [0.5, 0.6) is 0 Å². The van der Waals surface area contributed by atoms with E-state index in [9.17, 15) is 4.79 Å². The van der Waals surface area contributed by atoms with Gasteiger partial charge in [-0.3, -0.25) is 0 Å². The predicted octanol–water partition coefficient (Wildman–Crippen LogP) is 0.649. The Labute approximate surface area is 113 Å². The average molecular weight is 268 g/mol. The third kappa shape index (κ3) is 1.76. The quantitative estimate of drug-likeness (QED) is 0.670. The Kier molecular flexibility index (Phi) is 2.60. The largest absolute Gasteiger partial charge is 0.383 e. The minimum atomic E-state index is -0.649. The lowest BCUT2D eigenvalue weighted by molar-refractivity contribution is 0.902. The van der Waals surface area contributed by atoms with E-state index in [1.54, 1.807) is 11.6 Å². The lowest BCUT2D eigenvalue weighted by Crippen LogP contribution is -2.09. The Hall–Kier alpha value is -2.96. The fourth-order valence-corrected chi connectivity index (χ4v) is 2.08. The molecule has 1 aromatic carbocycles. The standard InChI is InChI=1S/C13H12N6O/c1-7-10-9(11(14)17-13(20)16-7)12(15)19(18-10)8-5-3-2-4-6-8/h2-6H,15H2,1H3,(H2,14,17,20). The van der Waals surface area contributed by atoms with Crippen molar-refractivity contribution in [3.8, 4) is 5.69 Å². The first-order valence-electron chi connectivity index (χ1n) is 5.96. The fraction of sp³-hybridized carbons (Fsp3) is 0.0769. The van der Waals surface area contributed by atoms with Gasteiger partial charge in [-0.1, -0.05) is 18.2 Å². The van der Waals surface area contributed by atoms with Crippen molar-refractivity contribution in [1.82, 2.24) is 19.7 Å². The highest BCUT2D eigenvalue weighted by atomic mass is 16.1. The van der Waals surface area contributed by atoms with Gasteiger partial charge in [0.15, 0.2) is 0 Å². The van der Waals surface area contributed by atoms with Gasteiger partial charge in [0.05, 0.1) is 16.8 Å². The van der Waals surface area contributed by atoms with Crippen LogP contribution in [0.4, 0.5) is 11.6 Å². The molecule has 0 aliphatic heterocycles. The molecular formula is C13H12N6O. The second-order valence-corrected chi connectivity index (χ2v) is 4.33. The van der Waals surface area contributed by atoms with Crippen molar-refractivity contribution < 1.29 is 0 Å². The molecule has 0 aliphatic carbocycles. The van der Waals surface area contributed by atoms with Gasteiger partial charge in [0.1, 0.15) is 17.2 Å². The highest BCUT2D eigenvalue weighted by molar-refractivity contribution is 5.98. The number of anilines is 2. The number of benzene rings is 1. The molecule has 3 rings (SSSR count). The monoisotopic (exact) mass is 268 g/mol. The maximum Gasteiger partial charge on any atom is 0.369 e. The van der Waals surface area contributed by atoms with Crippen LogP contribution >= 0.6 is 0 Å².